The van der Waals surface area contributed by atoms with E-state index in [2.05, 4.69) is 10.1 Å². The quantitative estimate of drug-likeness (QED) is 0.916. The fraction of sp³-hybridized carbons (Fsp3) is 0.500. The largest absolute Gasteiger partial charge is 0.357 e. The third-order valence-electron chi connectivity index (χ3n) is 5.46. The summed E-state index contributed by atoms with van der Waals surface area (Å²) >= 11 is 0. The molecular weight excluding hydrogens is 318 g/mol. The number of hydrogen-bond acceptors (Lipinski definition) is 3. The molecular formula is C18H23N5O2. The number of aromatic nitrogens is 3. The lowest BCUT2D eigenvalue weighted by Gasteiger charge is -2.38. The maximum absolute atomic E-state index is 12.6. The van der Waals surface area contributed by atoms with Gasteiger partial charge in [-0.3, -0.25) is 14.3 Å². The number of rotatable bonds is 3. The molecule has 1 N–H and O–H groups in total. The van der Waals surface area contributed by atoms with E-state index in [4.69, 9.17) is 0 Å². The van der Waals surface area contributed by atoms with E-state index in [1.807, 2.05) is 38.9 Å². The van der Waals surface area contributed by atoms with Gasteiger partial charge in [-0.05, 0) is 37.0 Å². The van der Waals surface area contributed by atoms with Crippen LogP contribution in [0.3, 0.4) is 0 Å². The second-order valence-electron chi connectivity index (χ2n) is 6.99. The fourth-order valence-electron chi connectivity index (χ4n) is 4.45. The third kappa shape index (κ3) is 2.94. The Morgan fingerprint density at radius 1 is 1.36 bits per heavy atom. The molecule has 0 unspecified atom stereocenters. The molecule has 2 fully saturated rings. The minimum atomic E-state index is 0.0494. The summed E-state index contributed by atoms with van der Waals surface area (Å²) in [7, 11) is 0. The summed E-state index contributed by atoms with van der Waals surface area (Å²) in [5.41, 5.74) is 0.632. The maximum atomic E-state index is 12.6. The Hall–Kier alpha value is -2.57. The van der Waals surface area contributed by atoms with Gasteiger partial charge in [-0.1, -0.05) is 0 Å². The van der Waals surface area contributed by atoms with Crippen LogP contribution < -0.4 is 0 Å². The van der Waals surface area contributed by atoms with Gasteiger partial charge < -0.3 is 14.8 Å². The highest BCUT2D eigenvalue weighted by Crippen LogP contribution is 2.36. The van der Waals surface area contributed by atoms with Gasteiger partial charge in [0.1, 0.15) is 5.69 Å². The van der Waals surface area contributed by atoms with Crippen molar-refractivity contribution < 1.29 is 9.59 Å². The summed E-state index contributed by atoms with van der Waals surface area (Å²) in [6.45, 7) is 3.76. The maximum Gasteiger partial charge on any atom is 0.270 e. The van der Waals surface area contributed by atoms with Gasteiger partial charge in [0.15, 0.2) is 0 Å². The number of carbonyl (C=O) groups is 2. The predicted molar refractivity (Wildman–Crippen MR) is 91.7 cm³/mol. The fourth-order valence-corrected chi connectivity index (χ4v) is 4.45. The molecule has 2 aromatic heterocycles. The molecule has 2 amide bonds. The van der Waals surface area contributed by atoms with Gasteiger partial charge in [-0.15, -0.1) is 0 Å². The second kappa shape index (κ2) is 6.38. The zero-order chi connectivity index (χ0) is 17.4. The van der Waals surface area contributed by atoms with Crippen LogP contribution in [0.5, 0.6) is 0 Å². The molecule has 0 radical (unpaired) electrons. The molecule has 4 rings (SSSR count). The van der Waals surface area contributed by atoms with Gasteiger partial charge in [0.05, 0.1) is 12.6 Å². The first-order valence-electron chi connectivity index (χ1n) is 8.82. The summed E-state index contributed by atoms with van der Waals surface area (Å²) in [5, 5.41) is 4.28. The van der Waals surface area contributed by atoms with Gasteiger partial charge in [0.25, 0.3) is 5.91 Å². The van der Waals surface area contributed by atoms with Crippen LogP contribution in [0.1, 0.15) is 30.3 Å². The van der Waals surface area contributed by atoms with E-state index in [-0.39, 0.29) is 23.9 Å². The number of piperidine rings is 1. The first-order valence-corrected chi connectivity index (χ1v) is 8.82. The van der Waals surface area contributed by atoms with E-state index in [9.17, 15) is 9.59 Å². The van der Waals surface area contributed by atoms with Crippen molar-refractivity contribution in [2.75, 3.05) is 13.1 Å². The van der Waals surface area contributed by atoms with Crippen LogP contribution in [-0.4, -0.2) is 61.6 Å². The molecule has 2 aliphatic heterocycles. The molecule has 7 nitrogen and oxygen atoms in total. The normalized spacial score (nSPS) is 25.9. The molecule has 3 atom stereocenters. The number of nitrogens with zero attached hydrogens (tertiary/aromatic N) is 4. The van der Waals surface area contributed by atoms with Crippen molar-refractivity contribution >= 4 is 11.8 Å². The smallest absolute Gasteiger partial charge is 0.270 e. The van der Waals surface area contributed by atoms with Crippen molar-refractivity contribution in [2.24, 2.45) is 5.92 Å². The van der Waals surface area contributed by atoms with E-state index in [0.717, 1.165) is 12.8 Å². The van der Waals surface area contributed by atoms with Crippen LogP contribution in [0.2, 0.25) is 0 Å². The molecule has 7 heteroatoms. The molecule has 132 valence electrons. The number of fused-ring (bicyclic) bond motifs is 1. The number of amides is 2. The molecule has 4 heterocycles. The molecule has 0 bridgehead atoms. The molecule has 2 aromatic rings. The number of nitrogens with one attached hydrogen (secondary N) is 1. The van der Waals surface area contributed by atoms with Crippen molar-refractivity contribution in [1.29, 1.82) is 0 Å². The lowest BCUT2D eigenvalue weighted by atomic mass is 9.92. The first-order chi connectivity index (χ1) is 12.1. The highest BCUT2D eigenvalue weighted by atomic mass is 16.2. The molecule has 25 heavy (non-hydrogen) atoms. The predicted octanol–water partition coefficient (Wildman–Crippen LogP) is 1.36. The third-order valence-corrected chi connectivity index (χ3v) is 5.46. The minimum Gasteiger partial charge on any atom is -0.357 e. The van der Waals surface area contributed by atoms with Crippen molar-refractivity contribution in [2.45, 2.75) is 38.4 Å². The molecule has 2 aliphatic rings. The number of H-pyrrole nitrogens is 1. The van der Waals surface area contributed by atoms with Crippen LogP contribution in [-0.2, 0) is 11.3 Å². The van der Waals surface area contributed by atoms with Gasteiger partial charge >= 0.3 is 0 Å². The Morgan fingerprint density at radius 3 is 2.92 bits per heavy atom. The van der Waals surface area contributed by atoms with Crippen molar-refractivity contribution in [1.82, 2.24) is 24.6 Å². The molecule has 2 saturated heterocycles. The SMILES string of the molecule is CC(=O)N1[C@@H](Cn2cccn2)C[C@H]2CN(C(=O)c3ccc[nH]3)CC[C@H]21. The lowest BCUT2D eigenvalue weighted by Crippen LogP contribution is -2.50. The summed E-state index contributed by atoms with van der Waals surface area (Å²) in [5.74, 6) is 0.499. The monoisotopic (exact) mass is 341 g/mol. The Morgan fingerprint density at radius 2 is 2.24 bits per heavy atom. The van der Waals surface area contributed by atoms with Crippen LogP contribution in [0, 0.1) is 5.92 Å². The standard InChI is InChI=1S/C18H23N5O2/c1-13(24)23-15(12-22-8-3-7-20-22)10-14-11-21(9-5-17(14)23)18(25)16-4-2-6-19-16/h2-4,6-8,14-15,17,19H,5,9-12H2,1H3/t14-,15+,17+/m0/s1. The van der Waals surface area contributed by atoms with Crippen molar-refractivity contribution in [3.05, 3.63) is 42.5 Å². The Kier molecular flexibility index (Phi) is 4.07. The second-order valence-corrected chi connectivity index (χ2v) is 6.99. The molecule has 0 aromatic carbocycles. The topological polar surface area (TPSA) is 74.2 Å². The van der Waals surface area contributed by atoms with E-state index in [1.165, 1.54) is 0 Å². The van der Waals surface area contributed by atoms with Gasteiger partial charge in [0.2, 0.25) is 5.91 Å². The first kappa shape index (κ1) is 15.9. The summed E-state index contributed by atoms with van der Waals surface area (Å²) in [6, 6.07) is 5.92. The zero-order valence-electron chi connectivity index (χ0n) is 14.3. The number of hydrogen-bond donors (Lipinski definition) is 1. The lowest BCUT2D eigenvalue weighted by molar-refractivity contribution is -0.132. The number of carbonyl (C=O) groups excluding carboxylic acids is 2. The number of aromatic amines is 1. The van der Waals surface area contributed by atoms with E-state index < -0.39 is 0 Å². The number of likely N-dealkylation sites (tertiary alicyclic amines) is 2. The van der Waals surface area contributed by atoms with E-state index in [0.29, 0.717) is 31.2 Å². The Labute approximate surface area is 146 Å². The van der Waals surface area contributed by atoms with Gasteiger partial charge in [0, 0.05) is 44.6 Å². The highest BCUT2D eigenvalue weighted by Gasteiger charge is 2.46. The van der Waals surface area contributed by atoms with Gasteiger partial charge in [-0.2, -0.15) is 5.10 Å². The van der Waals surface area contributed by atoms with Crippen LogP contribution in [0.15, 0.2) is 36.8 Å². The van der Waals surface area contributed by atoms with Gasteiger partial charge in [-0.25, -0.2) is 0 Å². The summed E-state index contributed by atoms with van der Waals surface area (Å²) in [4.78, 5) is 31.8. The Balaban J connectivity index is 1.49. The van der Waals surface area contributed by atoms with E-state index >= 15 is 0 Å². The molecule has 0 spiro atoms. The van der Waals surface area contributed by atoms with Crippen LogP contribution >= 0.6 is 0 Å². The average Bonchev–Trinajstić information content (AvgIpc) is 3.34. The summed E-state index contributed by atoms with van der Waals surface area (Å²) in [6.07, 6.45) is 7.22. The van der Waals surface area contributed by atoms with Crippen LogP contribution in [0.25, 0.3) is 0 Å². The summed E-state index contributed by atoms with van der Waals surface area (Å²) < 4.78 is 1.89. The molecule has 0 aliphatic carbocycles. The Bertz CT molecular complexity index is 740. The molecule has 0 saturated carbocycles. The minimum absolute atomic E-state index is 0.0494. The highest BCUT2D eigenvalue weighted by molar-refractivity contribution is 5.92. The van der Waals surface area contributed by atoms with Crippen LogP contribution in [0.4, 0.5) is 0 Å². The van der Waals surface area contributed by atoms with E-state index in [1.54, 1.807) is 19.3 Å². The average molecular weight is 341 g/mol. The van der Waals surface area contributed by atoms with Crippen molar-refractivity contribution in [3.8, 4) is 0 Å². The van der Waals surface area contributed by atoms with Crippen molar-refractivity contribution in [3.63, 3.8) is 0 Å². The zero-order valence-corrected chi connectivity index (χ0v) is 14.3.